The van der Waals surface area contributed by atoms with Crippen molar-refractivity contribution in [1.82, 2.24) is 9.88 Å². The van der Waals surface area contributed by atoms with Gasteiger partial charge in [-0.3, -0.25) is 4.90 Å². The third-order valence-corrected chi connectivity index (χ3v) is 5.35. The molecule has 2 heterocycles. The Hall–Kier alpha value is -2.30. The van der Waals surface area contributed by atoms with Crippen molar-refractivity contribution in [3.63, 3.8) is 0 Å². The molecule has 0 N–H and O–H groups in total. The lowest BCUT2D eigenvalue weighted by molar-refractivity contribution is 0.248. The predicted molar refractivity (Wildman–Crippen MR) is 112 cm³/mol. The number of nitrogens with zero attached hydrogens (tertiary/aromatic N) is 3. The number of anilines is 1. The zero-order chi connectivity index (χ0) is 18.6. The van der Waals surface area contributed by atoms with E-state index in [9.17, 15) is 0 Å². The Morgan fingerprint density at radius 2 is 1.74 bits per heavy atom. The molecule has 0 radical (unpaired) electrons. The van der Waals surface area contributed by atoms with Crippen LogP contribution in [0.25, 0.3) is 10.9 Å². The molecule has 0 unspecified atom stereocenters. The quantitative estimate of drug-likeness (QED) is 0.603. The van der Waals surface area contributed by atoms with Gasteiger partial charge in [0.1, 0.15) is 10.9 Å². The van der Waals surface area contributed by atoms with Gasteiger partial charge in [-0.1, -0.05) is 41.9 Å². The van der Waals surface area contributed by atoms with Crippen LogP contribution in [0.2, 0.25) is 5.15 Å². The Balaban J connectivity index is 1.44. The first-order chi connectivity index (χ1) is 13.2. The Morgan fingerprint density at radius 1 is 1.00 bits per heavy atom. The van der Waals surface area contributed by atoms with Crippen LogP contribution in [0.1, 0.15) is 12.5 Å². The fraction of sp³-hybridized carbons (Fsp3) is 0.318. The molecule has 1 aliphatic rings. The number of ether oxygens (including phenoxy) is 1. The minimum Gasteiger partial charge on any atom is -0.492 e. The molecule has 0 bridgehead atoms. The molecular formula is C22H24ClN3O. The van der Waals surface area contributed by atoms with Gasteiger partial charge >= 0.3 is 0 Å². The van der Waals surface area contributed by atoms with Crippen molar-refractivity contribution in [3.05, 3.63) is 65.3 Å². The molecule has 4 nitrogen and oxygen atoms in total. The maximum Gasteiger partial charge on any atom is 0.142 e. The van der Waals surface area contributed by atoms with Crippen LogP contribution in [0.4, 0.5) is 5.69 Å². The van der Waals surface area contributed by atoms with E-state index in [4.69, 9.17) is 16.3 Å². The number of para-hydroxylation sites is 3. The summed E-state index contributed by atoms with van der Waals surface area (Å²) in [5.74, 6) is 0.968. The van der Waals surface area contributed by atoms with Crippen LogP contribution in [-0.2, 0) is 6.54 Å². The lowest BCUT2D eigenvalue weighted by Gasteiger charge is -2.36. The molecule has 0 atom stereocenters. The molecule has 0 amide bonds. The third kappa shape index (κ3) is 4.02. The van der Waals surface area contributed by atoms with E-state index in [1.54, 1.807) is 0 Å². The highest BCUT2D eigenvalue weighted by molar-refractivity contribution is 6.30. The van der Waals surface area contributed by atoms with Crippen LogP contribution in [0.5, 0.6) is 5.75 Å². The second-order valence-corrected chi connectivity index (χ2v) is 7.15. The first kappa shape index (κ1) is 18.1. The topological polar surface area (TPSA) is 28.6 Å². The number of rotatable bonds is 5. The van der Waals surface area contributed by atoms with Gasteiger partial charge in [0.05, 0.1) is 17.8 Å². The summed E-state index contributed by atoms with van der Waals surface area (Å²) >= 11 is 6.44. The van der Waals surface area contributed by atoms with E-state index >= 15 is 0 Å². The summed E-state index contributed by atoms with van der Waals surface area (Å²) in [6, 6.07) is 18.6. The van der Waals surface area contributed by atoms with Crippen LogP contribution >= 0.6 is 11.6 Å². The van der Waals surface area contributed by atoms with Gasteiger partial charge in [-0.2, -0.15) is 0 Å². The van der Waals surface area contributed by atoms with Gasteiger partial charge in [0.25, 0.3) is 0 Å². The van der Waals surface area contributed by atoms with Gasteiger partial charge in [-0.05, 0) is 31.2 Å². The Morgan fingerprint density at radius 3 is 2.56 bits per heavy atom. The zero-order valence-corrected chi connectivity index (χ0v) is 16.3. The first-order valence-electron chi connectivity index (χ1n) is 9.48. The first-order valence-corrected chi connectivity index (χ1v) is 9.85. The van der Waals surface area contributed by atoms with Crippen molar-refractivity contribution in [2.45, 2.75) is 13.5 Å². The maximum absolute atomic E-state index is 6.44. The highest BCUT2D eigenvalue weighted by Gasteiger charge is 2.20. The van der Waals surface area contributed by atoms with Crippen LogP contribution in [0, 0.1) is 0 Å². The van der Waals surface area contributed by atoms with Crippen molar-refractivity contribution in [2.24, 2.45) is 0 Å². The van der Waals surface area contributed by atoms with Crippen LogP contribution in [-0.4, -0.2) is 42.7 Å². The Kier molecular flexibility index (Phi) is 5.46. The molecule has 1 saturated heterocycles. The van der Waals surface area contributed by atoms with Crippen LogP contribution < -0.4 is 9.64 Å². The van der Waals surface area contributed by atoms with Gasteiger partial charge in [0.15, 0.2) is 0 Å². The fourth-order valence-corrected chi connectivity index (χ4v) is 3.84. The zero-order valence-electron chi connectivity index (χ0n) is 15.6. The molecule has 4 rings (SSSR count). The van der Waals surface area contributed by atoms with Crippen molar-refractivity contribution < 1.29 is 4.74 Å². The summed E-state index contributed by atoms with van der Waals surface area (Å²) in [5, 5.41) is 1.75. The monoisotopic (exact) mass is 381 g/mol. The molecule has 1 fully saturated rings. The Labute approximate surface area is 165 Å². The largest absolute Gasteiger partial charge is 0.492 e. The molecule has 5 heteroatoms. The van der Waals surface area contributed by atoms with E-state index in [0.717, 1.165) is 54.9 Å². The number of benzene rings is 2. The maximum atomic E-state index is 6.44. The van der Waals surface area contributed by atoms with Gasteiger partial charge < -0.3 is 9.64 Å². The molecule has 27 heavy (non-hydrogen) atoms. The van der Waals surface area contributed by atoms with Crippen molar-refractivity contribution in [3.8, 4) is 5.75 Å². The van der Waals surface area contributed by atoms with E-state index in [-0.39, 0.29) is 0 Å². The average Bonchev–Trinajstić information content (AvgIpc) is 2.70. The highest BCUT2D eigenvalue weighted by atomic mass is 35.5. The van der Waals surface area contributed by atoms with E-state index in [0.29, 0.717) is 11.8 Å². The number of hydrogen-bond donors (Lipinski definition) is 0. The van der Waals surface area contributed by atoms with Gasteiger partial charge in [-0.25, -0.2) is 4.98 Å². The lowest BCUT2D eigenvalue weighted by Crippen LogP contribution is -2.46. The molecule has 1 aliphatic heterocycles. The number of hydrogen-bond acceptors (Lipinski definition) is 4. The van der Waals surface area contributed by atoms with Gasteiger partial charge in [-0.15, -0.1) is 0 Å². The Bertz CT molecular complexity index is 922. The SMILES string of the molecule is CCOc1ccccc1N1CCN(Cc2cc3ccccc3nc2Cl)CC1. The van der Waals surface area contributed by atoms with E-state index < -0.39 is 0 Å². The molecule has 140 valence electrons. The molecule has 2 aromatic carbocycles. The smallest absolute Gasteiger partial charge is 0.142 e. The summed E-state index contributed by atoms with van der Waals surface area (Å²) in [5.41, 5.74) is 3.23. The molecule has 0 saturated carbocycles. The summed E-state index contributed by atoms with van der Waals surface area (Å²) < 4.78 is 5.79. The normalized spacial score (nSPS) is 15.3. The number of halogens is 1. The number of fused-ring (bicyclic) bond motifs is 1. The number of pyridine rings is 1. The molecule has 1 aromatic heterocycles. The van der Waals surface area contributed by atoms with E-state index in [2.05, 4.69) is 39.0 Å². The second kappa shape index (κ2) is 8.15. The van der Waals surface area contributed by atoms with Gasteiger partial charge in [0.2, 0.25) is 0 Å². The second-order valence-electron chi connectivity index (χ2n) is 6.79. The van der Waals surface area contributed by atoms with Crippen LogP contribution in [0.3, 0.4) is 0 Å². The standard InChI is InChI=1S/C22H24ClN3O/c1-2-27-21-10-6-5-9-20(21)26-13-11-25(12-14-26)16-18-15-17-7-3-4-8-19(17)24-22(18)23/h3-10,15H,2,11-14,16H2,1H3. The highest BCUT2D eigenvalue weighted by Crippen LogP contribution is 2.29. The van der Waals surface area contributed by atoms with Crippen LogP contribution in [0.15, 0.2) is 54.6 Å². The number of aromatic nitrogens is 1. The summed E-state index contributed by atoms with van der Waals surface area (Å²) in [6.07, 6.45) is 0. The van der Waals surface area contributed by atoms with E-state index in [1.165, 1.54) is 5.69 Å². The van der Waals surface area contributed by atoms with Crippen molar-refractivity contribution in [2.75, 3.05) is 37.7 Å². The molecular weight excluding hydrogens is 358 g/mol. The summed E-state index contributed by atoms with van der Waals surface area (Å²) in [6.45, 7) is 7.47. The fourth-order valence-electron chi connectivity index (χ4n) is 3.63. The minimum absolute atomic E-state index is 0.609. The number of piperazine rings is 1. The predicted octanol–water partition coefficient (Wildman–Crippen LogP) is 4.61. The minimum atomic E-state index is 0.609. The summed E-state index contributed by atoms with van der Waals surface area (Å²) in [4.78, 5) is 9.39. The lowest BCUT2D eigenvalue weighted by atomic mass is 10.1. The average molecular weight is 382 g/mol. The van der Waals surface area contributed by atoms with E-state index in [1.807, 2.05) is 37.3 Å². The van der Waals surface area contributed by atoms with Crippen molar-refractivity contribution >= 4 is 28.2 Å². The van der Waals surface area contributed by atoms with Gasteiger partial charge in [0, 0.05) is 43.7 Å². The summed E-state index contributed by atoms with van der Waals surface area (Å²) in [7, 11) is 0. The molecule has 3 aromatic rings. The molecule has 0 spiro atoms. The third-order valence-electron chi connectivity index (χ3n) is 5.02. The molecule has 0 aliphatic carbocycles. The van der Waals surface area contributed by atoms with Crippen molar-refractivity contribution in [1.29, 1.82) is 0 Å².